The topological polar surface area (TPSA) is 58.6 Å². The van der Waals surface area contributed by atoms with E-state index in [9.17, 15) is 14.0 Å². The van der Waals surface area contributed by atoms with Crippen LogP contribution in [-0.2, 0) is 4.79 Å². The number of carbonyl (C=O) groups excluding carboxylic acids is 2. The van der Waals surface area contributed by atoms with Crippen LogP contribution in [0.25, 0.3) is 0 Å². The molecule has 0 unspecified atom stereocenters. The summed E-state index contributed by atoms with van der Waals surface area (Å²) < 4.78 is 18.6. The van der Waals surface area contributed by atoms with Crippen LogP contribution in [0.15, 0.2) is 55.1 Å². The van der Waals surface area contributed by atoms with E-state index in [1.807, 2.05) is 0 Å². The van der Waals surface area contributed by atoms with Crippen LogP contribution in [0.3, 0.4) is 0 Å². The Bertz CT molecular complexity index is 820. The second-order valence-corrected chi connectivity index (χ2v) is 5.23. The van der Waals surface area contributed by atoms with Gasteiger partial charge in [0.15, 0.2) is 6.61 Å². The molecule has 1 aliphatic heterocycles. The molecule has 0 spiro atoms. The first-order valence-corrected chi connectivity index (χ1v) is 7.33. The first-order valence-electron chi connectivity index (χ1n) is 7.33. The van der Waals surface area contributed by atoms with Crippen LogP contribution < -0.4 is 15.0 Å². The number of anilines is 2. The zero-order chi connectivity index (χ0) is 17.1. The van der Waals surface area contributed by atoms with Crippen molar-refractivity contribution in [3.63, 3.8) is 0 Å². The van der Waals surface area contributed by atoms with Crippen molar-refractivity contribution in [2.45, 2.75) is 0 Å². The van der Waals surface area contributed by atoms with Gasteiger partial charge in [-0.1, -0.05) is 12.1 Å². The fourth-order valence-corrected chi connectivity index (χ4v) is 2.44. The van der Waals surface area contributed by atoms with Crippen LogP contribution in [-0.4, -0.2) is 25.0 Å². The van der Waals surface area contributed by atoms with Gasteiger partial charge in [-0.3, -0.25) is 9.59 Å². The molecule has 0 saturated carbocycles. The maximum Gasteiger partial charge on any atom is 0.265 e. The summed E-state index contributed by atoms with van der Waals surface area (Å²) in [7, 11) is 0. The van der Waals surface area contributed by atoms with Crippen molar-refractivity contribution in [3.05, 3.63) is 66.5 Å². The summed E-state index contributed by atoms with van der Waals surface area (Å²) in [6.45, 7) is 3.95. The number of amides is 2. The van der Waals surface area contributed by atoms with Gasteiger partial charge < -0.3 is 15.0 Å². The van der Waals surface area contributed by atoms with Crippen molar-refractivity contribution < 1.29 is 18.7 Å². The summed E-state index contributed by atoms with van der Waals surface area (Å²) in [5.41, 5.74) is 1.34. The number of hydrogen-bond donors (Lipinski definition) is 1. The summed E-state index contributed by atoms with van der Waals surface area (Å²) in [4.78, 5) is 25.6. The second kappa shape index (κ2) is 6.54. The molecule has 2 aromatic carbocycles. The van der Waals surface area contributed by atoms with E-state index in [1.54, 1.807) is 29.2 Å². The van der Waals surface area contributed by atoms with Crippen LogP contribution in [0.1, 0.15) is 10.4 Å². The number of carbonyl (C=O) groups is 2. The predicted octanol–water partition coefficient (Wildman–Crippen LogP) is 2.99. The molecule has 122 valence electrons. The Morgan fingerprint density at radius 1 is 1.33 bits per heavy atom. The first-order chi connectivity index (χ1) is 11.6. The Kier molecular flexibility index (Phi) is 4.29. The van der Waals surface area contributed by atoms with Crippen molar-refractivity contribution >= 4 is 23.2 Å². The van der Waals surface area contributed by atoms with Crippen LogP contribution >= 0.6 is 0 Å². The third-order valence-corrected chi connectivity index (χ3v) is 3.56. The molecular weight excluding hydrogens is 311 g/mol. The lowest BCUT2D eigenvalue weighted by atomic mass is 10.1. The van der Waals surface area contributed by atoms with E-state index in [0.717, 1.165) is 6.07 Å². The molecule has 1 aliphatic rings. The van der Waals surface area contributed by atoms with Crippen molar-refractivity contribution in [2.75, 3.05) is 23.4 Å². The van der Waals surface area contributed by atoms with Crippen molar-refractivity contribution in [3.8, 4) is 5.75 Å². The zero-order valence-corrected chi connectivity index (χ0v) is 12.8. The van der Waals surface area contributed by atoms with Gasteiger partial charge in [0.25, 0.3) is 11.8 Å². The third-order valence-electron chi connectivity index (χ3n) is 3.56. The number of nitrogens with zero attached hydrogens (tertiary/aromatic N) is 1. The molecule has 1 heterocycles. The van der Waals surface area contributed by atoms with Crippen molar-refractivity contribution in [2.24, 2.45) is 0 Å². The van der Waals surface area contributed by atoms with Crippen molar-refractivity contribution in [1.82, 2.24) is 0 Å². The molecule has 3 rings (SSSR count). The van der Waals surface area contributed by atoms with E-state index in [4.69, 9.17) is 4.74 Å². The molecule has 0 saturated heterocycles. The minimum absolute atomic E-state index is 0.0673. The van der Waals surface area contributed by atoms with Gasteiger partial charge in [-0.2, -0.15) is 0 Å². The van der Waals surface area contributed by atoms with Crippen molar-refractivity contribution in [1.29, 1.82) is 0 Å². The van der Waals surface area contributed by atoms with Gasteiger partial charge in [-0.05, 0) is 30.3 Å². The Balaban J connectivity index is 1.83. The average molecular weight is 326 g/mol. The summed E-state index contributed by atoms with van der Waals surface area (Å²) in [5.74, 6) is -0.563. The molecule has 24 heavy (non-hydrogen) atoms. The number of fused-ring (bicyclic) bond motifs is 1. The van der Waals surface area contributed by atoms with Gasteiger partial charge in [-0.15, -0.1) is 6.58 Å². The molecule has 6 heteroatoms. The lowest BCUT2D eigenvalue weighted by molar-refractivity contribution is -0.121. The highest BCUT2D eigenvalue weighted by Gasteiger charge is 2.24. The molecule has 0 fully saturated rings. The maximum atomic E-state index is 13.2. The van der Waals surface area contributed by atoms with E-state index < -0.39 is 11.7 Å². The molecule has 0 aliphatic carbocycles. The molecule has 2 amide bonds. The van der Waals surface area contributed by atoms with Crippen LogP contribution in [0, 0.1) is 5.82 Å². The normalized spacial score (nSPS) is 13.0. The predicted molar refractivity (Wildman–Crippen MR) is 88.8 cm³/mol. The number of halogens is 1. The third kappa shape index (κ3) is 3.12. The quantitative estimate of drug-likeness (QED) is 0.879. The molecule has 1 N–H and O–H groups in total. The zero-order valence-electron chi connectivity index (χ0n) is 12.8. The van der Waals surface area contributed by atoms with E-state index in [0.29, 0.717) is 23.7 Å². The fraction of sp³-hybridized carbons (Fsp3) is 0.111. The lowest BCUT2D eigenvalue weighted by Crippen LogP contribution is -2.38. The highest BCUT2D eigenvalue weighted by atomic mass is 19.1. The molecule has 5 nitrogen and oxygen atoms in total. The smallest absolute Gasteiger partial charge is 0.265 e. The van der Waals surface area contributed by atoms with Gasteiger partial charge in [0, 0.05) is 23.9 Å². The Morgan fingerprint density at radius 2 is 2.17 bits per heavy atom. The lowest BCUT2D eigenvalue weighted by Gasteiger charge is -2.28. The number of ether oxygens (including phenoxy) is 1. The van der Waals surface area contributed by atoms with Gasteiger partial charge in [0.1, 0.15) is 11.6 Å². The molecule has 0 bridgehead atoms. The van der Waals surface area contributed by atoms with Crippen LogP contribution in [0.5, 0.6) is 5.75 Å². The summed E-state index contributed by atoms with van der Waals surface area (Å²) >= 11 is 0. The van der Waals surface area contributed by atoms with E-state index >= 15 is 0 Å². The Morgan fingerprint density at radius 3 is 2.92 bits per heavy atom. The largest absolute Gasteiger partial charge is 0.481 e. The number of rotatable bonds is 4. The average Bonchev–Trinajstić information content (AvgIpc) is 2.57. The van der Waals surface area contributed by atoms with Gasteiger partial charge >= 0.3 is 0 Å². The van der Waals surface area contributed by atoms with Gasteiger partial charge in [-0.25, -0.2) is 4.39 Å². The number of benzene rings is 2. The minimum Gasteiger partial charge on any atom is -0.481 e. The molecule has 0 aromatic heterocycles. The Labute approximate surface area is 138 Å². The maximum absolute atomic E-state index is 13.2. The second-order valence-electron chi connectivity index (χ2n) is 5.23. The van der Waals surface area contributed by atoms with E-state index in [-0.39, 0.29) is 18.1 Å². The number of hydrogen-bond acceptors (Lipinski definition) is 3. The fourth-order valence-electron chi connectivity index (χ4n) is 2.44. The molecule has 0 atom stereocenters. The monoisotopic (exact) mass is 326 g/mol. The Hall–Kier alpha value is -3.15. The summed E-state index contributed by atoms with van der Waals surface area (Å²) in [6.07, 6.45) is 1.63. The summed E-state index contributed by atoms with van der Waals surface area (Å²) in [5, 5.41) is 2.68. The van der Waals surface area contributed by atoms with E-state index in [2.05, 4.69) is 11.9 Å². The van der Waals surface area contributed by atoms with Crippen LogP contribution in [0.2, 0.25) is 0 Å². The highest BCUT2D eigenvalue weighted by Crippen LogP contribution is 2.34. The molecule has 0 radical (unpaired) electrons. The highest BCUT2D eigenvalue weighted by molar-refractivity contribution is 6.05. The standard InChI is InChI=1S/C18H15FN2O3/c1-2-8-21-15-7-6-14(10-16(15)24-11-17(21)22)20-18(23)12-4-3-5-13(19)9-12/h2-7,9-10H,1,8,11H2,(H,20,23). The molecule has 2 aromatic rings. The number of nitrogens with one attached hydrogen (secondary N) is 1. The first kappa shape index (κ1) is 15.7. The van der Waals surface area contributed by atoms with Gasteiger partial charge in [0.05, 0.1) is 5.69 Å². The van der Waals surface area contributed by atoms with Crippen LogP contribution in [0.4, 0.5) is 15.8 Å². The van der Waals surface area contributed by atoms with E-state index in [1.165, 1.54) is 18.2 Å². The minimum atomic E-state index is -0.477. The summed E-state index contributed by atoms with van der Waals surface area (Å²) in [6, 6.07) is 10.4. The SMILES string of the molecule is C=CCN1C(=O)COc2cc(NC(=O)c3cccc(F)c3)ccc21. The molecular formula is C18H15FN2O3. The van der Waals surface area contributed by atoms with Gasteiger partial charge in [0.2, 0.25) is 0 Å².